The molecule has 0 spiro atoms. The number of methoxy groups -OCH3 is 1. The summed E-state index contributed by atoms with van der Waals surface area (Å²) in [6.07, 6.45) is -1.18. The zero-order valence-corrected chi connectivity index (χ0v) is 15.9. The second kappa shape index (κ2) is 9.27. The molecule has 0 aliphatic rings. The van der Waals surface area contributed by atoms with E-state index in [1.54, 1.807) is 18.3 Å². The first kappa shape index (κ1) is 21.1. The first-order valence-electron chi connectivity index (χ1n) is 8.90. The van der Waals surface area contributed by atoms with Crippen molar-refractivity contribution in [3.05, 3.63) is 47.9 Å². The summed E-state index contributed by atoms with van der Waals surface area (Å²) >= 11 is 0. The van der Waals surface area contributed by atoms with Gasteiger partial charge in [0.25, 0.3) is 12.3 Å². The van der Waals surface area contributed by atoms with Gasteiger partial charge in [-0.2, -0.15) is 5.10 Å². The number of fused-ring (bicyclic) bond motifs is 1. The highest BCUT2D eigenvalue weighted by Gasteiger charge is 2.16. The van der Waals surface area contributed by atoms with E-state index in [0.717, 1.165) is 6.07 Å². The highest BCUT2D eigenvalue weighted by Crippen LogP contribution is 2.30. The molecule has 3 aromatic rings. The summed E-state index contributed by atoms with van der Waals surface area (Å²) in [6, 6.07) is 6.97. The lowest BCUT2D eigenvalue weighted by Gasteiger charge is -2.10. The van der Waals surface area contributed by atoms with Gasteiger partial charge in [-0.05, 0) is 18.2 Å². The molecule has 0 bridgehead atoms. The van der Waals surface area contributed by atoms with Crippen molar-refractivity contribution in [3.8, 4) is 5.75 Å². The molecule has 1 aromatic carbocycles. The summed E-state index contributed by atoms with van der Waals surface area (Å²) in [5, 5.41) is 18.8. The molecule has 30 heavy (non-hydrogen) atoms. The average Bonchev–Trinajstić information content (AvgIpc) is 3.12. The zero-order valence-electron chi connectivity index (χ0n) is 15.9. The van der Waals surface area contributed by atoms with E-state index < -0.39 is 18.0 Å². The molecular weight excluding hydrogens is 400 g/mol. The second-order valence-corrected chi connectivity index (χ2v) is 6.21. The number of carbonyl (C=O) groups excluding carboxylic acids is 2. The van der Waals surface area contributed by atoms with Crippen LogP contribution in [0, 0.1) is 0 Å². The second-order valence-electron chi connectivity index (χ2n) is 6.21. The molecular formula is C19H19F2N5O4. The molecule has 0 radical (unpaired) electrons. The van der Waals surface area contributed by atoms with Crippen molar-refractivity contribution in [1.82, 2.24) is 20.1 Å². The van der Waals surface area contributed by atoms with Crippen LogP contribution in [0.4, 0.5) is 14.5 Å². The van der Waals surface area contributed by atoms with Crippen LogP contribution in [0.15, 0.2) is 36.5 Å². The molecule has 158 valence electrons. The Hall–Kier alpha value is -3.60. The fourth-order valence-electron chi connectivity index (χ4n) is 2.74. The van der Waals surface area contributed by atoms with Crippen LogP contribution in [-0.4, -0.2) is 51.9 Å². The Labute approximate surface area is 169 Å². The molecule has 0 aliphatic carbocycles. The van der Waals surface area contributed by atoms with Gasteiger partial charge in [-0.1, -0.05) is 6.07 Å². The van der Waals surface area contributed by atoms with Gasteiger partial charge in [0, 0.05) is 24.2 Å². The smallest absolute Gasteiger partial charge is 0.280 e. The van der Waals surface area contributed by atoms with Crippen LogP contribution in [0.3, 0.4) is 0 Å². The third kappa shape index (κ3) is 4.87. The molecule has 9 nitrogen and oxygen atoms in total. The Morgan fingerprint density at radius 3 is 2.80 bits per heavy atom. The fraction of sp³-hybridized carbons (Fsp3) is 0.263. The van der Waals surface area contributed by atoms with Crippen molar-refractivity contribution in [2.45, 2.75) is 13.0 Å². The van der Waals surface area contributed by atoms with Gasteiger partial charge in [0.05, 0.1) is 24.9 Å². The molecule has 0 fully saturated rings. The Bertz CT molecular complexity index is 1070. The maximum Gasteiger partial charge on any atom is 0.280 e. The van der Waals surface area contributed by atoms with E-state index in [1.807, 2.05) is 0 Å². The molecule has 3 rings (SSSR count). The minimum Gasteiger partial charge on any atom is -0.494 e. The SMILES string of the molecule is COc1cc2nn(CC(=O)NCCO)cc2cc1NC(=O)c1cccc(C(F)F)n1. The van der Waals surface area contributed by atoms with Crippen LogP contribution in [0.25, 0.3) is 10.9 Å². The number of nitrogens with one attached hydrogen (secondary N) is 2. The predicted octanol–water partition coefficient (Wildman–Crippen LogP) is 1.74. The summed E-state index contributed by atoms with van der Waals surface area (Å²) in [6.45, 7) is -0.0738. The number of ether oxygens (including phenoxy) is 1. The molecule has 0 saturated carbocycles. The monoisotopic (exact) mass is 419 g/mol. The number of carbonyl (C=O) groups is 2. The van der Waals surface area contributed by atoms with Crippen molar-refractivity contribution < 1.29 is 28.2 Å². The number of anilines is 1. The number of aliphatic hydroxyl groups is 1. The lowest BCUT2D eigenvalue weighted by atomic mass is 10.2. The van der Waals surface area contributed by atoms with E-state index in [1.165, 1.54) is 23.9 Å². The van der Waals surface area contributed by atoms with Crippen molar-refractivity contribution in [2.24, 2.45) is 0 Å². The number of aliphatic hydroxyl groups excluding tert-OH is 1. The van der Waals surface area contributed by atoms with Gasteiger partial charge in [0.15, 0.2) is 0 Å². The summed E-state index contributed by atoms with van der Waals surface area (Å²) < 4.78 is 32.4. The average molecular weight is 419 g/mol. The first-order valence-corrected chi connectivity index (χ1v) is 8.90. The Balaban J connectivity index is 1.83. The van der Waals surface area contributed by atoms with Crippen molar-refractivity contribution in [2.75, 3.05) is 25.6 Å². The van der Waals surface area contributed by atoms with E-state index in [9.17, 15) is 18.4 Å². The van der Waals surface area contributed by atoms with E-state index in [2.05, 4.69) is 20.7 Å². The number of amides is 2. The molecule has 2 aromatic heterocycles. The minimum absolute atomic E-state index is 0.0526. The van der Waals surface area contributed by atoms with E-state index in [4.69, 9.17) is 9.84 Å². The van der Waals surface area contributed by atoms with Crippen LogP contribution < -0.4 is 15.4 Å². The third-order valence-corrected chi connectivity index (χ3v) is 4.09. The maximum absolute atomic E-state index is 12.8. The van der Waals surface area contributed by atoms with E-state index in [-0.39, 0.29) is 31.3 Å². The molecule has 0 unspecified atom stereocenters. The van der Waals surface area contributed by atoms with Gasteiger partial charge in [-0.25, -0.2) is 13.8 Å². The van der Waals surface area contributed by atoms with Crippen molar-refractivity contribution in [1.29, 1.82) is 0 Å². The lowest BCUT2D eigenvalue weighted by molar-refractivity contribution is -0.122. The fourth-order valence-corrected chi connectivity index (χ4v) is 2.74. The van der Waals surface area contributed by atoms with Crippen LogP contribution in [0.2, 0.25) is 0 Å². The van der Waals surface area contributed by atoms with Crippen LogP contribution in [0.1, 0.15) is 22.6 Å². The first-order chi connectivity index (χ1) is 14.4. The van der Waals surface area contributed by atoms with Gasteiger partial charge < -0.3 is 20.5 Å². The molecule has 3 N–H and O–H groups in total. The van der Waals surface area contributed by atoms with E-state index in [0.29, 0.717) is 22.3 Å². The Kier molecular flexibility index (Phi) is 6.52. The van der Waals surface area contributed by atoms with Crippen LogP contribution in [0.5, 0.6) is 5.75 Å². The number of rotatable bonds is 8. The van der Waals surface area contributed by atoms with Gasteiger partial charge in [-0.15, -0.1) is 0 Å². The quantitative estimate of drug-likeness (QED) is 0.512. The summed E-state index contributed by atoms with van der Waals surface area (Å²) in [5.41, 5.74) is 0.165. The number of nitrogens with zero attached hydrogens (tertiary/aromatic N) is 3. The number of pyridine rings is 1. The van der Waals surface area contributed by atoms with Crippen LogP contribution in [-0.2, 0) is 11.3 Å². The number of halogens is 2. The lowest BCUT2D eigenvalue weighted by Crippen LogP contribution is -2.30. The Morgan fingerprint density at radius 1 is 1.30 bits per heavy atom. The number of hydrogen-bond acceptors (Lipinski definition) is 6. The third-order valence-electron chi connectivity index (χ3n) is 4.09. The van der Waals surface area contributed by atoms with Crippen molar-refractivity contribution >= 4 is 28.4 Å². The van der Waals surface area contributed by atoms with Gasteiger partial charge in [0.2, 0.25) is 5.91 Å². The standard InChI is InChI=1S/C19H19F2N5O4/c1-30-16-8-14-11(9-26(25-14)10-17(28)22-5-6-27)7-15(16)24-19(29)13-4-2-3-12(23-13)18(20)21/h2-4,7-9,18,27H,5-6,10H2,1H3,(H,22,28)(H,24,29). The molecule has 2 heterocycles. The Morgan fingerprint density at radius 2 is 2.10 bits per heavy atom. The number of aromatic nitrogens is 3. The highest BCUT2D eigenvalue weighted by molar-refractivity contribution is 6.05. The molecule has 0 saturated heterocycles. The van der Waals surface area contributed by atoms with Crippen LogP contribution >= 0.6 is 0 Å². The summed E-state index contributed by atoms with van der Waals surface area (Å²) in [5.74, 6) is -0.691. The molecule has 11 heteroatoms. The zero-order chi connectivity index (χ0) is 21.7. The summed E-state index contributed by atoms with van der Waals surface area (Å²) in [7, 11) is 1.41. The topological polar surface area (TPSA) is 118 Å². The highest BCUT2D eigenvalue weighted by atomic mass is 19.3. The van der Waals surface area contributed by atoms with E-state index >= 15 is 0 Å². The number of hydrogen-bond donors (Lipinski definition) is 3. The van der Waals surface area contributed by atoms with Gasteiger partial charge >= 0.3 is 0 Å². The molecule has 0 aliphatic heterocycles. The largest absolute Gasteiger partial charge is 0.494 e. The maximum atomic E-state index is 12.8. The van der Waals surface area contributed by atoms with Gasteiger partial charge in [-0.3, -0.25) is 14.3 Å². The predicted molar refractivity (Wildman–Crippen MR) is 104 cm³/mol. The summed E-state index contributed by atoms with van der Waals surface area (Å²) in [4.78, 5) is 27.9. The number of benzene rings is 1. The van der Waals surface area contributed by atoms with Gasteiger partial charge in [0.1, 0.15) is 23.7 Å². The minimum atomic E-state index is -2.79. The number of alkyl halides is 2. The normalized spacial score (nSPS) is 11.0. The van der Waals surface area contributed by atoms with Crippen molar-refractivity contribution in [3.63, 3.8) is 0 Å². The molecule has 0 atom stereocenters. The molecule has 2 amide bonds.